The fourth-order valence-electron chi connectivity index (χ4n) is 2.13. The summed E-state index contributed by atoms with van der Waals surface area (Å²) in [6, 6.07) is 0. The van der Waals surface area contributed by atoms with Crippen molar-refractivity contribution in [3.05, 3.63) is 0 Å². The van der Waals surface area contributed by atoms with Crippen molar-refractivity contribution in [2.75, 3.05) is 32.8 Å². The van der Waals surface area contributed by atoms with E-state index in [4.69, 9.17) is 15.7 Å². The molecule has 0 spiro atoms. The van der Waals surface area contributed by atoms with Crippen molar-refractivity contribution in [3.8, 4) is 0 Å². The van der Waals surface area contributed by atoms with Crippen LogP contribution in [0.5, 0.6) is 0 Å². The quantitative estimate of drug-likeness (QED) is 0.264. The Morgan fingerprint density at radius 2 is 2.37 bits per heavy atom. The first-order valence-electron chi connectivity index (χ1n) is 6.71. The number of rotatable bonds is 6. The van der Waals surface area contributed by atoms with E-state index in [9.17, 15) is 4.79 Å². The summed E-state index contributed by atoms with van der Waals surface area (Å²) in [5.74, 6) is -0.870. The third-order valence-electron chi connectivity index (χ3n) is 3.37. The summed E-state index contributed by atoms with van der Waals surface area (Å²) >= 11 is 0. The highest BCUT2D eigenvalue weighted by Crippen LogP contribution is 2.06. The van der Waals surface area contributed by atoms with Crippen molar-refractivity contribution >= 4 is 11.7 Å². The van der Waals surface area contributed by atoms with Crippen LogP contribution in [0.25, 0.3) is 0 Å². The second-order valence-electron chi connectivity index (χ2n) is 4.62. The first kappa shape index (κ1) is 15.7. The molecule has 4 N–H and O–H groups in total. The van der Waals surface area contributed by atoms with Gasteiger partial charge in [-0.25, -0.2) is 0 Å². The summed E-state index contributed by atoms with van der Waals surface area (Å²) in [4.78, 5) is 14.2. The van der Waals surface area contributed by atoms with Crippen LogP contribution in [0.15, 0.2) is 5.16 Å². The highest BCUT2D eigenvalue weighted by atomic mass is 16.5. The lowest BCUT2D eigenvalue weighted by Gasteiger charge is -2.32. The number of amides is 1. The Kier molecular flexibility index (Phi) is 6.58. The number of nitrogens with zero attached hydrogens (tertiary/aromatic N) is 2. The lowest BCUT2D eigenvalue weighted by atomic mass is 10.0. The van der Waals surface area contributed by atoms with Gasteiger partial charge in [-0.1, -0.05) is 19.0 Å². The standard InChI is InChI=1S/C12H24N4O3/c1-3-10(11(13)15-18)12(17)14-7-9-8-16(4-2)5-6-19-9/h9-10,18H,3-8H2,1-2H3,(H2,13,15)(H,14,17). The van der Waals surface area contributed by atoms with Gasteiger partial charge < -0.3 is 21.0 Å². The van der Waals surface area contributed by atoms with Gasteiger partial charge in [-0.2, -0.15) is 0 Å². The maximum absolute atomic E-state index is 11.9. The van der Waals surface area contributed by atoms with E-state index >= 15 is 0 Å². The molecule has 0 bridgehead atoms. The van der Waals surface area contributed by atoms with E-state index in [0.717, 1.165) is 19.6 Å². The zero-order chi connectivity index (χ0) is 14.3. The molecule has 1 aliphatic heterocycles. The Hall–Kier alpha value is -1.34. The molecule has 110 valence electrons. The summed E-state index contributed by atoms with van der Waals surface area (Å²) in [6.07, 6.45) is 0.497. The summed E-state index contributed by atoms with van der Waals surface area (Å²) in [5, 5.41) is 14.3. The molecule has 0 radical (unpaired) electrons. The molecule has 2 unspecified atom stereocenters. The molecule has 19 heavy (non-hydrogen) atoms. The summed E-state index contributed by atoms with van der Waals surface area (Å²) < 4.78 is 5.59. The molecule has 7 nitrogen and oxygen atoms in total. The number of morpholine rings is 1. The third kappa shape index (κ3) is 4.68. The van der Waals surface area contributed by atoms with Crippen molar-refractivity contribution in [3.63, 3.8) is 0 Å². The smallest absolute Gasteiger partial charge is 0.230 e. The molecule has 1 rings (SSSR count). The average Bonchev–Trinajstić information content (AvgIpc) is 2.45. The molecule has 1 fully saturated rings. The SMILES string of the molecule is CCC(C(=O)NCC1CN(CC)CCO1)C(N)=NO. The van der Waals surface area contributed by atoms with Crippen LogP contribution in [0, 0.1) is 5.92 Å². The van der Waals surface area contributed by atoms with Gasteiger partial charge in [0.2, 0.25) is 5.91 Å². The number of carbonyl (C=O) groups is 1. The normalized spacial score (nSPS) is 23.1. The van der Waals surface area contributed by atoms with E-state index in [1.54, 1.807) is 0 Å². The van der Waals surface area contributed by atoms with Crippen LogP contribution in [0.2, 0.25) is 0 Å². The molecule has 1 saturated heterocycles. The molecule has 1 heterocycles. The van der Waals surface area contributed by atoms with Gasteiger partial charge in [-0.15, -0.1) is 0 Å². The zero-order valence-corrected chi connectivity index (χ0v) is 11.6. The predicted octanol–water partition coefficient (Wildman–Crippen LogP) is -0.404. The van der Waals surface area contributed by atoms with E-state index in [2.05, 4.69) is 22.3 Å². The van der Waals surface area contributed by atoms with Crippen LogP contribution in [0.3, 0.4) is 0 Å². The lowest BCUT2D eigenvalue weighted by Crippen LogP contribution is -2.49. The summed E-state index contributed by atoms with van der Waals surface area (Å²) in [6.45, 7) is 7.79. The minimum Gasteiger partial charge on any atom is -0.409 e. The Morgan fingerprint density at radius 3 is 2.95 bits per heavy atom. The van der Waals surface area contributed by atoms with E-state index in [1.807, 2.05) is 6.92 Å². The summed E-state index contributed by atoms with van der Waals surface area (Å²) in [7, 11) is 0. The number of ether oxygens (including phenoxy) is 1. The second-order valence-corrected chi connectivity index (χ2v) is 4.62. The first-order chi connectivity index (χ1) is 9.12. The molecule has 0 aromatic heterocycles. The number of likely N-dealkylation sites (N-methyl/N-ethyl adjacent to an activating group) is 1. The average molecular weight is 272 g/mol. The van der Waals surface area contributed by atoms with Crippen LogP contribution >= 0.6 is 0 Å². The Labute approximate surface area is 113 Å². The van der Waals surface area contributed by atoms with Crippen molar-refractivity contribution in [2.45, 2.75) is 26.4 Å². The van der Waals surface area contributed by atoms with Gasteiger partial charge in [0.1, 0.15) is 0 Å². The van der Waals surface area contributed by atoms with Crippen LogP contribution in [0.4, 0.5) is 0 Å². The topological polar surface area (TPSA) is 100 Å². The van der Waals surface area contributed by atoms with Gasteiger partial charge in [0, 0.05) is 19.6 Å². The molecular formula is C12H24N4O3. The van der Waals surface area contributed by atoms with Crippen molar-refractivity contribution in [1.29, 1.82) is 0 Å². The van der Waals surface area contributed by atoms with Gasteiger partial charge in [0.15, 0.2) is 5.84 Å². The fourth-order valence-corrected chi connectivity index (χ4v) is 2.13. The van der Waals surface area contributed by atoms with Crippen molar-refractivity contribution in [2.24, 2.45) is 16.8 Å². The summed E-state index contributed by atoms with van der Waals surface area (Å²) in [5.41, 5.74) is 5.48. The maximum atomic E-state index is 11.9. The van der Waals surface area contributed by atoms with Crippen LogP contribution in [0.1, 0.15) is 20.3 Å². The fraction of sp³-hybridized carbons (Fsp3) is 0.833. The van der Waals surface area contributed by atoms with Gasteiger partial charge in [0.05, 0.1) is 18.6 Å². The molecule has 7 heteroatoms. The molecule has 0 saturated carbocycles. The monoisotopic (exact) mass is 272 g/mol. The number of amidine groups is 1. The molecule has 2 atom stereocenters. The molecule has 0 aromatic carbocycles. The van der Waals surface area contributed by atoms with E-state index in [-0.39, 0.29) is 17.8 Å². The lowest BCUT2D eigenvalue weighted by molar-refractivity contribution is -0.124. The van der Waals surface area contributed by atoms with Gasteiger partial charge in [-0.3, -0.25) is 9.69 Å². The molecule has 1 aliphatic rings. The van der Waals surface area contributed by atoms with Gasteiger partial charge in [-0.05, 0) is 13.0 Å². The second kappa shape index (κ2) is 7.96. The number of hydrogen-bond donors (Lipinski definition) is 3. The molecule has 1 amide bonds. The van der Waals surface area contributed by atoms with Crippen molar-refractivity contribution in [1.82, 2.24) is 10.2 Å². The largest absolute Gasteiger partial charge is 0.409 e. The predicted molar refractivity (Wildman–Crippen MR) is 72.1 cm³/mol. The van der Waals surface area contributed by atoms with E-state index in [0.29, 0.717) is 19.6 Å². The van der Waals surface area contributed by atoms with E-state index in [1.165, 1.54) is 0 Å². The maximum Gasteiger partial charge on any atom is 0.230 e. The van der Waals surface area contributed by atoms with Crippen molar-refractivity contribution < 1.29 is 14.7 Å². The highest BCUT2D eigenvalue weighted by Gasteiger charge is 2.24. The van der Waals surface area contributed by atoms with Crippen LogP contribution in [-0.2, 0) is 9.53 Å². The minimum atomic E-state index is -0.587. The third-order valence-corrected chi connectivity index (χ3v) is 3.37. The highest BCUT2D eigenvalue weighted by molar-refractivity contribution is 6.01. The zero-order valence-electron chi connectivity index (χ0n) is 11.6. The Balaban J connectivity index is 2.40. The van der Waals surface area contributed by atoms with Gasteiger partial charge >= 0.3 is 0 Å². The van der Waals surface area contributed by atoms with E-state index < -0.39 is 5.92 Å². The first-order valence-corrected chi connectivity index (χ1v) is 6.71. The minimum absolute atomic E-state index is 0.00226. The van der Waals surface area contributed by atoms with Gasteiger partial charge in [0.25, 0.3) is 0 Å². The number of nitrogens with one attached hydrogen (secondary N) is 1. The van der Waals surface area contributed by atoms with Crippen LogP contribution in [-0.4, -0.2) is 60.7 Å². The number of carbonyl (C=O) groups excluding carboxylic acids is 1. The Morgan fingerprint density at radius 1 is 1.63 bits per heavy atom. The number of oxime groups is 1. The van der Waals surface area contributed by atoms with Crippen LogP contribution < -0.4 is 11.1 Å². The molecular weight excluding hydrogens is 248 g/mol. The molecule has 0 aromatic rings. The molecule has 0 aliphatic carbocycles. The number of nitrogens with two attached hydrogens (primary N) is 1. The Bertz CT molecular complexity index is 322. The number of hydrogen-bond acceptors (Lipinski definition) is 5.